The molecule has 1 aromatic carbocycles. The van der Waals surface area contributed by atoms with Gasteiger partial charge in [-0.2, -0.15) is 0 Å². The molecule has 0 radical (unpaired) electrons. The number of ether oxygens (including phenoxy) is 1. The SMILES string of the molecule is COc1ccc2nc(C(C)(C)C)[nH]c2c1. The largest absolute Gasteiger partial charge is 0.497 e. The number of nitrogens with zero attached hydrogens (tertiary/aromatic N) is 1. The molecular formula is C12H16N2O. The van der Waals surface area contributed by atoms with Crippen LogP contribution in [0.15, 0.2) is 18.2 Å². The zero-order valence-electron chi connectivity index (χ0n) is 9.59. The predicted octanol–water partition coefficient (Wildman–Crippen LogP) is 2.87. The molecule has 2 aromatic rings. The molecule has 3 nitrogen and oxygen atoms in total. The fourth-order valence-electron chi connectivity index (χ4n) is 1.47. The maximum atomic E-state index is 5.17. The van der Waals surface area contributed by atoms with E-state index >= 15 is 0 Å². The molecule has 0 aliphatic rings. The molecule has 80 valence electrons. The Morgan fingerprint density at radius 2 is 2.00 bits per heavy atom. The van der Waals surface area contributed by atoms with Crippen molar-refractivity contribution >= 4 is 11.0 Å². The minimum absolute atomic E-state index is 0.0479. The van der Waals surface area contributed by atoms with Crippen molar-refractivity contribution in [3.05, 3.63) is 24.0 Å². The normalized spacial score (nSPS) is 12.0. The summed E-state index contributed by atoms with van der Waals surface area (Å²) in [5, 5.41) is 0. The summed E-state index contributed by atoms with van der Waals surface area (Å²) in [7, 11) is 1.67. The Hall–Kier alpha value is -1.51. The van der Waals surface area contributed by atoms with Gasteiger partial charge in [-0.05, 0) is 12.1 Å². The summed E-state index contributed by atoms with van der Waals surface area (Å²) < 4.78 is 5.17. The van der Waals surface area contributed by atoms with Crippen molar-refractivity contribution in [2.75, 3.05) is 7.11 Å². The molecule has 1 aromatic heterocycles. The summed E-state index contributed by atoms with van der Waals surface area (Å²) in [6.45, 7) is 6.42. The molecule has 0 amide bonds. The number of methoxy groups -OCH3 is 1. The second-order valence-corrected chi connectivity index (χ2v) is 4.72. The molecule has 0 saturated carbocycles. The third kappa shape index (κ3) is 1.82. The van der Waals surface area contributed by atoms with Gasteiger partial charge in [-0.1, -0.05) is 20.8 Å². The second-order valence-electron chi connectivity index (χ2n) is 4.72. The molecule has 0 saturated heterocycles. The third-order valence-corrected chi connectivity index (χ3v) is 2.40. The zero-order chi connectivity index (χ0) is 11.1. The van der Waals surface area contributed by atoms with Gasteiger partial charge < -0.3 is 9.72 Å². The summed E-state index contributed by atoms with van der Waals surface area (Å²) in [6.07, 6.45) is 0. The first kappa shape index (κ1) is 10.0. The van der Waals surface area contributed by atoms with Crippen molar-refractivity contribution in [3.8, 4) is 5.75 Å². The average Bonchev–Trinajstić information content (AvgIpc) is 2.59. The maximum absolute atomic E-state index is 5.17. The van der Waals surface area contributed by atoms with Crippen molar-refractivity contribution in [1.29, 1.82) is 0 Å². The van der Waals surface area contributed by atoms with E-state index in [1.165, 1.54) is 0 Å². The van der Waals surface area contributed by atoms with Crippen LogP contribution in [0.1, 0.15) is 26.6 Å². The number of rotatable bonds is 1. The molecule has 0 aliphatic carbocycles. The smallest absolute Gasteiger partial charge is 0.121 e. The fraction of sp³-hybridized carbons (Fsp3) is 0.417. The highest BCUT2D eigenvalue weighted by molar-refractivity contribution is 5.77. The first-order valence-electron chi connectivity index (χ1n) is 5.05. The summed E-state index contributed by atoms with van der Waals surface area (Å²) in [4.78, 5) is 7.87. The molecular weight excluding hydrogens is 188 g/mol. The Labute approximate surface area is 89.5 Å². The summed E-state index contributed by atoms with van der Waals surface area (Å²) >= 11 is 0. The van der Waals surface area contributed by atoms with Gasteiger partial charge in [-0.15, -0.1) is 0 Å². The number of fused-ring (bicyclic) bond motifs is 1. The molecule has 0 bridgehead atoms. The lowest BCUT2D eigenvalue weighted by Gasteiger charge is -2.13. The monoisotopic (exact) mass is 204 g/mol. The second kappa shape index (κ2) is 3.26. The summed E-state index contributed by atoms with van der Waals surface area (Å²) in [5.74, 6) is 1.86. The Kier molecular flexibility index (Phi) is 2.18. The minimum atomic E-state index is 0.0479. The Morgan fingerprint density at radius 1 is 1.27 bits per heavy atom. The quantitative estimate of drug-likeness (QED) is 0.775. The molecule has 3 heteroatoms. The van der Waals surface area contributed by atoms with Crippen LogP contribution in [0.5, 0.6) is 5.75 Å². The molecule has 0 unspecified atom stereocenters. The van der Waals surface area contributed by atoms with Gasteiger partial charge in [-0.25, -0.2) is 4.98 Å². The number of aromatic nitrogens is 2. The van der Waals surface area contributed by atoms with Crippen LogP contribution in [0.25, 0.3) is 11.0 Å². The van der Waals surface area contributed by atoms with Gasteiger partial charge >= 0.3 is 0 Å². The van der Waals surface area contributed by atoms with Crippen molar-refractivity contribution in [3.63, 3.8) is 0 Å². The maximum Gasteiger partial charge on any atom is 0.121 e. The van der Waals surface area contributed by atoms with Gasteiger partial charge in [-0.3, -0.25) is 0 Å². The number of hydrogen-bond acceptors (Lipinski definition) is 2. The molecule has 2 rings (SSSR count). The molecule has 15 heavy (non-hydrogen) atoms. The highest BCUT2D eigenvalue weighted by atomic mass is 16.5. The molecule has 0 atom stereocenters. The van der Waals surface area contributed by atoms with Gasteiger partial charge in [0, 0.05) is 11.5 Å². The minimum Gasteiger partial charge on any atom is -0.497 e. The van der Waals surface area contributed by atoms with E-state index in [0.29, 0.717) is 0 Å². The van der Waals surface area contributed by atoms with Gasteiger partial charge in [0.1, 0.15) is 11.6 Å². The average molecular weight is 204 g/mol. The zero-order valence-corrected chi connectivity index (χ0v) is 9.59. The standard InChI is InChI=1S/C12H16N2O/c1-12(2,3)11-13-9-6-5-8(15-4)7-10(9)14-11/h5-7H,1-4H3,(H,13,14). The van der Waals surface area contributed by atoms with E-state index in [1.807, 2.05) is 18.2 Å². The Balaban J connectivity index is 2.56. The van der Waals surface area contributed by atoms with E-state index in [4.69, 9.17) is 4.74 Å². The van der Waals surface area contributed by atoms with E-state index in [9.17, 15) is 0 Å². The van der Waals surface area contributed by atoms with E-state index in [0.717, 1.165) is 22.6 Å². The predicted molar refractivity (Wildman–Crippen MR) is 61.3 cm³/mol. The van der Waals surface area contributed by atoms with E-state index in [2.05, 4.69) is 30.7 Å². The lowest BCUT2D eigenvalue weighted by atomic mass is 9.96. The van der Waals surface area contributed by atoms with E-state index < -0.39 is 0 Å². The fourth-order valence-corrected chi connectivity index (χ4v) is 1.47. The number of hydrogen-bond donors (Lipinski definition) is 1. The molecule has 1 heterocycles. The number of aromatic amines is 1. The van der Waals surface area contributed by atoms with Crippen LogP contribution in [0, 0.1) is 0 Å². The van der Waals surface area contributed by atoms with Crippen molar-refractivity contribution in [1.82, 2.24) is 9.97 Å². The van der Waals surface area contributed by atoms with Crippen LogP contribution < -0.4 is 4.74 Å². The van der Waals surface area contributed by atoms with E-state index in [-0.39, 0.29) is 5.41 Å². The lowest BCUT2D eigenvalue weighted by molar-refractivity contribution is 0.415. The lowest BCUT2D eigenvalue weighted by Crippen LogP contribution is -2.12. The number of nitrogens with one attached hydrogen (secondary N) is 1. The van der Waals surface area contributed by atoms with Crippen LogP contribution >= 0.6 is 0 Å². The van der Waals surface area contributed by atoms with Crippen molar-refractivity contribution in [2.45, 2.75) is 26.2 Å². The van der Waals surface area contributed by atoms with Crippen molar-refractivity contribution < 1.29 is 4.74 Å². The van der Waals surface area contributed by atoms with Gasteiger partial charge in [0.25, 0.3) is 0 Å². The first-order chi connectivity index (χ1) is 7.00. The van der Waals surface area contributed by atoms with Gasteiger partial charge in [0.05, 0.1) is 18.1 Å². The third-order valence-electron chi connectivity index (χ3n) is 2.40. The molecule has 0 aliphatic heterocycles. The highest BCUT2D eigenvalue weighted by Gasteiger charge is 2.18. The topological polar surface area (TPSA) is 37.9 Å². The number of imidazole rings is 1. The summed E-state index contributed by atoms with van der Waals surface area (Å²) in [6, 6.07) is 5.87. The van der Waals surface area contributed by atoms with Crippen LogP contribution in [-0.4, -0.2) is 17.1 Å². The van der Waals surface area contributed by atoms with Crippen molar-refractivity contribution in [2.24, 2.45) is 0 Å². The van der Waals surface area contributed by atoms with Gasteiger partial charge in [0.2, 0.25) is 0 Å². The molecule has 1 N–H and O–H groups in total. The van der Waals surface area contributed by atoms with Crippen LogP contribution in [-0.2, 0) is 5.41 Å². The molecule has 0 spiro atoms. The Bertz CT molecular complexity index is 480. The van der Waals surface area contributed by atoms with Crippen LogP contribution in [0.4, 0.5) is 0 Å². The van der Waals surface area contributed by atoms with Crippen LogP contribution in [0.2, 0.25) is 0 Å². The number of H-pyrrole nitrogens is 1. The highest BCUT2D eigenvalue weighted by Crippen LogP contribution is 2.24. The summed E-state index contributed by atoms with van der Waals surface area (Å²) in [5.41, 5.74) is 2.06. The first-order valence-corrected chi connectivity index (χ1v) is 5.05. The Morgan fingerprint density at radius 3 is 2.60 bits per heavy atom. The molecule has 0 fully saturated rings. The van der Waals surface area contributed by atoms with Crippen LogP contribution in [0.3, 0.4) is 0 Å². The number of benzene rings is 1. The van der Waals surface area contributed by atoms with E-state index in [1.54, 1.807) is 7.11 Å². The van der Waals surface area contributed by atoms with Gasteiger partial charge in [0.15, 0.2) is 0 Å².